The molecule has 0 unspecified atom stereocenters. The molecule has 2 aromatic carbocycles. The Morgan fingerprint density at radius 1 is 0.912 bits per heavy atom. The van der Waals surface area contributed by atoms with Crippen LogP contribution >= 0.6 is 0 Å². The molecule has 3 aromatic rings. The van der Waals surface area contributed by atoms with Crippen LogP contribution in [-0.4, -0.2) is 53.2 Å². The number of aromatic nitrogens is 2. The quantitative estimate of drug-likeness (QED) is 0.585. The molecule has 0 spiro atoms. The van der Waals surface area contributed by atoms with Crippen LogP contribution in [0.4, 0.5) is 5.69 Å². The number of nitrogens with one attached hydrogen (secondary N) is 1. The van der Waals surface area contributed by atoms with Crippen LogP contribution in [0.2, 0.25) is 0 Å². The van der Waals surface area contributed by atoms with E-state index in [2.05, 4.69) is 61.7 Å². The van der Waals surface area contributed by atoms with E-state index in [4.69, 9.17) is 4.52 Å². The minimum atomic E-state index is -0.290. The van der Waals surface area contributed by atoms with Crippen molar-refractivity contribution in [3.05, 3.63) is 66.1 Å². The van der Waals surface area contributed by atoms with Crippen LogP contribution in [0.15, 0.2) is 59.1 Å². The van der Waals surface area contributed by atoms with Gasteiger partial charge in [0.05, 0.1) is 0 Å². The number of hydrogen-bond acceptors (Lipinski definition) is 6. The first-order chi connectivity index (χ1) is 16.7. The van der Waals surface area contributed by atoms with E-state index in [1.165, 1.54) is 36.9 Å². The summed E-state index contributed by atoms with van der Waals surface area (Å²) >= 11 is 0. The van der Waals surface area contributed by atoms with Crippen LogP contribution in [0.3, 0.4) is 0 Å². The van der Waals surface area contributed by atoms with Crippen LogP contribution in [-0.2, 0) is 6.54 Å². The van der Waals surface area contributed by atoms with Crippen molar-refractivity contribution in [2.24, 2.45) is 0 Å². The molecule has 2 fully saturated rings. The van der Waals surface area contributed by atoms with Crippen molar-refractivity contribution in [3.63, 3.8) is 0 Å². The van der Waals surface area contributed by atoms with Gasteiger partial charge in [0.15, 0.2) is 0 Å². The lowest BCUT2D eigenvalue weighted by Gasteiger charge is -2.32. The molecule has 34 heavy (non-hydrogen) atoms. The van der Waals surface area contributed by atoms with Gasteiger partial charge in [-0.05, 0) is 55.5 Å². The molecule has 7 nitrogen and oxygen atoms in total. The number of carbonyl (C=O) groups excluding carboxylic acids is 1. The van der Waals surface area contributed by atoms with Gasteiger partial charge in [0.2, 0.25) is 5.82 Å². The number of amides is 1. The average molecular weight is 460 g/mol. The fourth-order valence-corrected chi connectivity index (χ4v) is 4.91. The highest BCUT2D eigenvalue weighted by atomic mass is 16.5. The van der Waals surface area contributed by atoms with E-state index < -0.39 is 0 Å². The van der Waals surface area contributed by atoms with Crippen molar-refractivity contribution in [1.29, 1.82) is 0 Å². The van der Waals surface area contributed by atoms with Gasteiger partial charge in [0.25, 0.3) is 0 Å². The zero-order valence-corrected chi connectivity index (χ0v) is 19.7. The summed E-state index contributed by atoms with van der Waals surface area (Å²) in [6.45, 7) is 5.08. The van der Waals surface area contributed by atoms with Gasteiger partial charge < -0.3 is 14.7 Å². The molecule has 0 atom stereocenters. The lowest BCUT2D eigenvalue weighted by atomic mass is 10.0. The third-order valence-electron chi connectivity index (χ3n) is 6.89. The molecule has 1 N–H and O–H groups in total. The molecule has 178 valence electrons. The van der Waals surface area contributed by atoms with Gasteiger partial charge in [-0.25, -0.2) is 0 Å². The molecule has 3 heterocycles. The maximum absolute atomic E-state index is 12.7. The largest absolute Gasteiger partial charge is 0.372 e. The molecule has 1 amide bonds. The number of likely N-dealkylation sites (tertiary alicyclic amines) is 1. The first-order valence-electron chi connectivity index (χ1n) is 12.5. The highest BCUT2D eigenvalue weighted by Gasteiger charge is 2.24. The van der Waals surface area contributed by atoms with Gasteiger partial charge in [-0.3, -0.25) is 9.69 Å². The summed E-state index contributed by atoms with van der Waals surface area (Å²) in [6.07, 6.45) is 6.95. The van der Waals surface area contributed by atoms with Crippen molar-refractivity contribution in [2.75, 3.05) is 31.1 Å². The van der Waals surface area contributed by atoms with Gasteiger partial charge in [-0.2, -0.15) is 4.98 Å². The number of nitrogens with zero attached hydrogens (tertiary/aromatic N) is 4. The number of anilines is 1. The first-order valence-corrected chi connectivity index (χ1v) is 12.5. The predicted molar refractivity (Wildman–Crippen MR) is 133 cm³/mol. The molecule has 2 aliphatic rings. The Kier molecular flexibility index (Phi) is 7.19. The van der Waals surface area contributed by atoms with E-state index in [1.807, 2.05) is 18.2 Å². The van der Waals surface area contributed by atoms with Crippen molar-refractivity contribution in [1.82, 2.24) is 20.4 Å². The van der Waals surface area contributed by atoms with Crippen LogP contribution in [0, 0.1) is 0 Å². The summed E-state index contributed by atoms with van der Waals surface area (Å²) in [4.78, 5) is 21.9. The summed E-state index contributed by atoms with van der Waals surface area (Å²) in [5.41, 5.74) is 3.41. The predicted octanol–water partition coefficient (Wildman–Crippen LogP) is 4.51. The van der Waals surface area contributed by atoms with Gasteiger partial charge in [-0.1, -0.05) is 48.3 Å². The van der Waals surface area contributed by atoms with Gasteiger partial charge in [-0.15, -0.1) is 0 Å². The maximum atomic E-state index is 12.7. The molecule has 0 bridgehead atoms. The minimum absolute atomic E-state index is 0.0262. The van der Waals surface area contributed by atoms with Crippen LogP contribution in [0.5, 0.6) is 0 Å². The van der Waals surface area contributed by atoms with Crippen molar-refractivity contribution >= 4 is 11.6 Å². The minimum Gasteiger partial charge on any atom is -0.372 e. The smallest absolute Gasteiger partial charge is 0.316 e. The molecule has 2 saturated heterocycles. The van der Waals surface area contributed by atoms with E-state index in [1.54, 1.807) is 0 Å². The van der Waals surface area contributed by atoms with Crippen molar-refractivity contribution in [2.45, 2.75) is 51.1 Å². The van der Waals surface area contributed by atoms with Gasteiger partial charge >= 0.3 is 11.8 Å². The van der Waals surface area contributed by atoms with Crippen LogP contribution in [0.25, 0.3) is 11.4 Å². The lowest BCUT2D eigenvalue weighted by Crippen LogP contribution is -2.44. The van der Waals surface area contributed by atoms with E-state index in [9.17, 15) is 4.79 Å². The molecular formula is C27H33N5O2. The summed E-state index contributed by atoms with van der Waals surface area (Å²) in [7, 11) is 0. The average Bonchev–Trinajstić information content (AvgIpc) is 3.22. The topological polar surface area (TPSA) is 74.5 Å². The second-order valence-corrected chi connectivity index (χ2v) is 9.38. The molecular weight excluding hydrogens is 426 g/mol. The van der Waals surface area contributed by atoms with Gasteiger partial charge in [0, 0.05) is 50.0 Å². The second kappa shape index (κ2) is 10.8. The second-order valence-electron chi connectivity index (χ2n) is 9.38. The highest BCUT2D eigenvalue weighted by molar-refractivity contribution is 5.90. The van der Waals surface area contributed by atoms with Crippen LogP contribution < -0.4 is 10.2 Å². The Bertz CT molecular complexity index is 1050. The number of benzene rings is 2. The Labute approximate surface area is 201 Å². The molecule has 5 rings (SSSR count). The normalized spacial score (nSPS) is 17.9. The van der Waals surface area contributed by atoms with Crippen molar-refractivity contribution in [3.8, 4) is 11.4 Å². The first kappa shape index (κ1) is 22.6. The van der Waals surface area contributed by atoms with Crippen molar-refractivity contribution < 1.29 is 9.32 Å². The molecule has 1 aromatic heterocycles. The standard InChI is InChI=1S/C27H33N5O2/c33-26(28-23-14-18-31(19-15-23)20-21-8-4-3-5-9-21)27-29-25(30-34-27)22-10-12-24(13-11-22)32-16-6-1-2-7-17-32/h3-5,8-13,23H,1-2,6-7,14-20H2,(H,28,33). The van der Waals surface area contributed by atoms with Gasteiger partial charge in [0.1, 0.15) is 0 Å². The summed E-state index contributed by atoms with van der Waals surface area (Å²) < 4.78 is 5.29. The third kappa shape index (κ3) is 5.65. The molecule has 7 heteroatoms. The van der Waals surface area contributed by atoms with E-state index in [0.29, 0.717) is 5.82 Å². The van der Waals surface area contributed by atoms with E-state index in [-0.39, 0.29) is 17.8 Å². The Balaban J connectivity index is 1.13. The number of piperidine rings is 1. The summed E-state index contributed by atoms with van der Waals surface area (Å²) in [5, 5.41) is 7.12. The fraction of sp³-hybridized carbons (Fsp3) is 0.444. The SMILES string of the molecule is O=C(NC1CCN(Cc2ccccc2)CC1)c1nc(-c2ccc(N3CCCCCC3)cc2)no1. The Morgan fingerprint density at radius 3 is 2.32 bits per heavy atom. The Morgan fingerprint density at radius 2 is 1.62 bits per heavy atom. The Hall–Kier alpha value is -3.19. The van der Waals surface area contributed by atoms with E-state index in [0.717, 1.165) is 51.1 Å². The third-order valence-corrected chi connectivity index (χ3v) is 6.89. The van der Waals surface area contributed by atoms with E-state index >= 15 is 0 Å². The molecule has 0 aliphatic carbocycles. The lowest BCUT2D eigenvalue weighted by molar-refractivity contribution is 0.0865. The zero-order chi connectivity index (χ0) is 23.2. The molecule has 2 aliphatic heterocycles. The monoisotopic (exact) mass is 459 g/mol. The molecule has 0 radical (unpaired) electrons. The molecule has 0 saturated carbocycles. The number of rotatable bonds is 6. The summed E-state index contributed by atoms with van der Waals surface area (Å²) in [5.74, 6) is 0.185. The fourth-order valence-electron chi connectivity index (χ4n) is 4.91. The highest BCUT2D eigenvalue weighted by Crippen LogP contribution is 2.24. The summed E-state index contributed by atoms with van der Waals surface area (Å²) in [6, 6.07) is 18.9. The maximum Gasteiger partial charge on any atom is 0.316 e. The number of carbonyl (C=O) groups is 1. The zero-order valence-electron chi connectivity index (χ0n) is 19.7. The van der Waals surface area contributed by atoms with Crippen LogP contribution in [0.1, 0.15) is 54.8 Å². The number of hydrogen-bond donors (Lipinski definition) is 1.